The second kappa shape index (κ2) is 6.44. The minimum atomic E-state index is -3.50. The molecule has 0 unspecified atom stereocenters. The Hall–Kier alpha value is -1.60. The number of hydrogen-bond donors (Lipinski definition) is 1. The number of aromatic carboxylic acids is 1. The fourth-order valence-corrected chi connectivity index (χ4v) is 3.93. The lowest BCUT2D eigenvalue weighted by molar-refractivity contribution is 0.0695. The third-order valence-corrected chi connectivity index (χ3v) is 5.20. The normalized spacial score (nSPS) is 14.8. The SMILES string of the molecule is CCOCCS(=O)(=O)N1CCCc2c(C(=O)O)cccc21. The first-order valence-corrected chi connectivity index (χ1v) is 8.51. The highest BCUT2D eigenvalue weighted by Crippen LogP contribution is 2.32. The lowest BCUT2D eigenvalue weighted by Crippen LogP contribution is -2.38. The molecule has 1 heterocycles. The molecular formula is C14H19NO5S. The highest BCUT2D eigenvalue weighted by atomic mass is 32.2. The zero-order valence-corrected chi connectivity index (χ0v) is 12.7. The molecule has 116 valence electrons. The molecule has 7 heteroatoms. The average molecular weight is 313 g/mol. The van der Waals surface area contributed by atoms with Gasteiger partial charge in [0.2, 0.25) is 10.0 Å². The maximum Gasteiger partial charge on any atom is 0.336 e. The molecule has 0 amide bonds. The molecule has 0 bridgehead atoms. The van der Waals surface area contributed by atoms with Crippen LogP contribution in [0.3, 0.4) is 0 Å². The van der Waals surface area contributed by atoms with Gasteiger partial charge in [-0.15, -0.1) is 0 Å². The number of carbonyl (C=O) groups is 1. The smallest absolute Gasteiger partial charge is 0.336 e. The molecule has 0 radical (unpaired) electrons. The quantitative estimate of drug-likeness (QED) is 0.805. The van der Waals surface area contributed by atoms with E-state index in [0.717, 1.165) is 0 Å². The molecule has 0 fully saturated rings. The minimum Gasteiger partial charge on any atom is -0.478 e. The number of benzene rings is 1. The second-order valence-corrected chi connectivity index (χ2v) is 6.81. The fraction of sp³-hybridized carbons (Fsp3) is 0.500. The Morgan fingerprint density at radius 3 is 2.86 bits per heavy atom. The number of sulfonamides is 1. The Morgan fingerprint density at radius 1 is 1.43 bits per heavy atom. The lowest BCUT2D eigenvalue weighted by Gasteiger charge is -2.31. The monoisotopic (exact) mass is 313 g/mol. The van der Waals surface area contributed by atoms with Gasteiger partial charge in [0.15, 0.2) is 0 Å². The average Bonchev–Trinajstić information content (AvgIpc) is 2.46. The summed E-state index contributed by atoms with van der Waals surface area (Å²) in [5, 5.41) is 9.22. The van der Waals surface area contributed by atoms with Gasteiger partial charge in [-0.05, 0) is 37.5 Å². The van der Waals surface area contributed by atoms with Crippen LogP contribution in [0.5, 0.6) is 0 Å². The molecule has 0 atom stereocenters. The number of carboxylic acid groups (broad SMARTS) is 1. The lowest BCUT2D eigenvalue weighted by atomic mass is 9.98. The van der Waals surface area contributed by atoms with Crippen LogP contribution in [0.4, 0.5) is 5.69 Å². The van der Waals surface area contributed by atoms with Crippen LogP contribution in [0.1, 0.15) is 29.3 Å². The summed E-state index contributed by atoms with van der Waals surface area (Å²) >= 11 is 0. The summed E-state index contributed by atoms with van der Waals surface area (Å²) in [6.45, 7) is 2.80. The molecule has 0 saturated carbocycles. The van der Waals surface area contributed by atoms with Crippen LogP contribution in [-0.4, -0.2) is 45.0 Å². The maximum atomic E-state index is 12.4. The number of hydrogen-bond acceptors (Lipinski definition) is 4. The number of ether oxygens (including phenoxy) is 1. The minimum absolute atomic E-state index is 0.0996. The van der Waals surface area contributed by atoms with E-state index in [0.29, 0.717) is 37.2 Å². The van der Waals surface area contributed by atoms with Gasteiger partial charge in [-0.2, -0.15) is 0 Å². The van der Waals surface area contributed by atoms with Gasteiger partial charge in [0.05, 0.1) is 23.6 Å². The van der Waals surface area contributed by atoms with Crippen molar-refractivity contribution in [2.24, 2.45) is 0 Å². The van der Waals surface area contributed by atoms with Crippen molar-refractivity contribution in [3.8, 4) is 0 Å². The molecule has 0 spiro atoms. The molecule has 2 rings (SSSR count). The molecule has 0 saturated heterocycles. The van der Waals surface area contributed by atoms with Crippen LogP contribution in [0.2, 0.25) is 0 Å². The first-order chi connectivity index (χ1) is 9.97. The van der Waals surface area contributed by atoms with Gasteiger partial charge in [-0.1, -0.05) is 6.07 Å². The van der Waals surface area contributed by atoms with Gasteiger partial charge >= 0.3 is 5.97 Å². The Balaban J connectivity index is 2.34. The van der Waals surface area contributed by atoms with Crippen LogP contribution < -0.4 is 4.31 Å². The van der Waals surface area contributed by atoms with E-state index in [9.17, 15) is 18.3 Å². The second-order valence-electron chi connectivity index (χ2n) is 4.80. The van der Waals surface area contributed by atoms with E-state index in [4.69, 9.17) is 4.74 Å². The van der Waals surface area contributed by atoms with Crippen LogP contribution in [0.15, 0.2) is 18.2 Å². The van der Waals surface area contributed by atoms with Crippen molar-refractivity contribution in [1.82, 2.24) is 0 Å². The van der Waals surface area contributed by atoms with E-state index in [2.05, 4.69) is 0 Å². The van der Waals surface area contributed by atoms with Gasteiger partial charge in [-0.25, -0.2) is 13.2 Å². The topological polar surface area (TPSA) is 83.9 Å². The molecule has 1 aromatic rings. The summed E-state index contributed by atoms with van der Waals surface area (Å²) in [5.74, 6) is -1.13. The number of carboxylic acids is 1. The number of rotatable bonds is 6. The molecule has 0 aliphatic carbocycles. The van der Waals surface area contributed by atoms with Crippen molar-refractivity contribution in [2.45, 2.75) is 19.8 Å². The Bertz CT molecular complexity index is 626. The highest BCUT2D eigenvalue weighted by Gasteiger charge is 2.29. The van der Waals surface area contributed by atoms with Crippen LogP contribution in [0, 0.1) is 0 Å². The molecule has 6 nitrogen and oxygen atoms in total. The Kier molecular flexibility index (Phi) is 4.84. The van der Waals surface area contributed by atoms with Gasteiger partial charge in [0.25, 0.3) is 0 Å². The summed E-state index contributed by atoms with van der Waals surface area (Å²) in [6, 6.07) is 4.76. The van der Waals surface area contributed by atoms with Crippen LogP contribution in [0.25, 0.3) is 0 Å². The number of anilines is 1. The van der Waals surface area contributed by atoms with Crippen molar-refractivity contribution >= 4 is 21.7 Å². The third-order valence-electron chi connectivity index (χ3n) is 3.46. The van der Waals surface area contributed by atoms with Gasteiger partial charge in [0, 0.05) is 13.2 Å². The first-order valence-electron chi connectivity index (χ1n) is 6.90. The van der Waals surface area contributed by atoms with Crippen molar-refractivity contribution in [3.63, 3.8) is 0 Å². The van der Waals surface area contributed by atoms with E-state index in [-0.39, 0.29) is 17.9 Å². The molecule has 21 heavy (non-hydrogen) atoms. The molecule has 1 N–H and O–H groups in total. The van der Waals surface area contributed by atoms with E-state index >= 15 is 0 Å². The first kappa shape index (κ1) is 15.8. The summed E-state index contributed by atoms with van der Waals surface area (Å²) in [7, 11) is -3.50. The highest BCUT2D eigenvalue weighted by molar-refractivity contribution is 7.92. The summed E-state index contributed by atoms with van der Waals surface area (Å²) in [6.07, 6.45) is 1.19. The van der Waals surface area contributed by atoms with E-state index < -0.39 is 16.0 Å². The van der Waals surface area contributed by atoms with Gasteiger partial charge < -0.3 is 9.84 Å². The largest absolute Gasteiger partial charge is 0.478 e. The molecule has 1 aliphatic rings. The zero-order chi connectivity index (χ0) is 15.5. The predicted octanol–water partition coefficient (Wildman–Crippen LogP) is 1.50. The number of fused-ring (bicyclic) bond motifs is 1. The van der Waals surface area contributed by atoms with Crippen molar-refractivity contribution in [1.29, 1.82) is 0 Å². The van der Waals surface area contributed by atoms with Crippen LogP contribution in [-0.2, 0) is 21.2 Å². The maximum absolute atomic E-state index is 12.4. The summed E-state index contributed by atoms with van der Waals surface area (Å²) in [5.41, 5.74) is 1.26. The van der Waals surface area contributed by atoms with E-state index in [1.54, 1.807) is 12.1 Å². The van der Waals surface area contributed by atoms with Gasteiger partial charge in [0.1, 0.15) is 0 Å². The van der Waals surface area contributed by atoms with Gasteiger partial charge in [-0.3, -0.25) is 4.31 Å². The summed E-state index contributed by atoms with van der Waals surface area (Å²) in [4.78, 5) is 11.3. The molecular weight excluding hydrogens is 294 g/mol. The number of nitrogens with zero attached hydrogens (tertiary/aromatic N) is 1. The van der Waals surface area contributed by atoms with Crippen molar-refractivity contribution in [3.05, 3.63) is 29.3 Å². The summed E-state index contributed by atoms with van der Waals surface area (Å²) < 4.78 is 31.2. The predicted molar refractivity (Wildman–Crippen MR) is 79.3 cm³/mol. The van der Waals surface area contributed by atoms with E-state index in [1.165, 1.54) is 10.4 Å². The molecule has 1 aromatic carbocycles. The molecule has 0 aromatic heterocycles. The van der Waals surface area contributed by atoms with Crippen molar-refractivity contribution in [2.75, 3.05) is 29.8 Å². The Labute approximate surface area is 124 Å². The standard InChI is InChI=1S/C14H19NO5S/c1-2-20-9-10-21(18,19)15-8-4-6-11-12(14(16)17)5-3-7-13(11)15/h3,5,7H,2,4,6,8-10H2,1H3,(H,16,17). The third kappa shape index (κ3) is 3.36. The zero-order valence-electron chi connectivity index (χ0n) is 11.9. The van der Waals surface area contributed by atoms with Crippen LogP contribution >= 0.6 is 0 Å². The van der Waals surface area contributed by atoms with E-state index in [1.807, 2.05) is 6.92 Å². The molecule has 1 aliphatic heterocycles. The fourth-order valence-electron chi connectivity index (χ4n) is 2.50. The van der Waals surface area contributed by atoms with Crippen molar-refractivity contribution < 1.29 is 23.1 Å². The Morgan fingerprint density at radius 2 is 2.19 bits per heavy atom.